The third-order valence-electron chi connectivity index (χ3n) is 2.62. The number of furan rings is 1. The van der Waals surface area contributed by atoms with Gasteiger partial charge in [-0.3, -0.25) is 0 Å². The zero-order valence-corrected chi connectivity index (χ0v) is 10.1. The minimum absolute atomic E-state index is 0.0309. The van der Waals surface area contributed by atoms with Crippen LogP contribution in [-0.4, -0.2) is 36.4 Å². The Bertz CT molecular complexity index is 529. The van der Waals surface area contributed by atoms with Crippen molar-refractivity contribution in [3.63, 3.8) is 0 Å². The molecule has 6 nitrogen and oxygen atoms in total. The molecule has 2 rings (SSSR count). The highest BCUT2D eigenvalue weighted by Gasteiger charge is 2.38. The van der Waals surface area contributed by atoms with Gasteiger partial charge in [0.1, 0.15) is 0 Å². The molecule has 0 radical (unpaired) electrons. The van der Waals surface area contributed by atoms with E-state index in [1.165, 1.54) is 10.4 Å². The summed E-state index contributed by atoms with van der Waals surface area (Å²) in [4.78, 5) is 10.6. The number of carbonyl (C=O) groups is 1. The first-order valence-corrected chi connectivity index (χ1v) is 6.75. The van der Waals surface area contributed by atoms with Crippen molar-refractivity contribution in [1.82, 2.24) is 4.31 Å². The molecule has 0 unspecified atom stereocenters. The quantitative estimate of drug-likeness (QED) is 0.857. The van der Waals surface area contributed by atoms with Crippen molar-refractivity contribution in [2.45, 2.75) is 30.9 Å². The Morgan fingerprint density at radius 1 is 1.53 bits per heavy atom. The van der Waals surface area contributed by atoms with E-state index in [1.54, 1.807) is 6.92 Å². The predicted octanol–water partition coefficient (Wildman–Crippen LogP) is 1.15. The number of aromatic carboxylic acids is 1. The summed E-state index contributed by atoms with van der Waals surface area (Å²) in [5, 5.41) is 8.38. The van der Waals surface area contributed by atoms with Crippen LogP contribution in [0.4, 0.5) is 0 Å². The van der Waals surface area contributed by atoms with Gasteiger partial charge in [-0.2, -0.15) is 4.31 Å². The van der Waals surface area contributed by atoms with Gasteiger partial charge in [0.2, 0.25) is 10.9 Å². The number of hydrogen-bond donors (Lipinski definition) is 1. The van der Waals surface area contributed by atoms with Crippen LogP contribution in [0.2, 0.25) is 0 Å². The van der Waals surface area contributed by atoms with Gasteiger partial charge < -0.3 is 9.52 Å². The lowest BCUT2D eigenvalue weighted by atomic mass is 10.5. The Morgan fingerprint density at radius 2 is 2.18 bits per heavy atom. The van der Waals surface area contributed by atoms with Gasteiger partial charge in [0.05, 0.1) is 0 Å². The molecule has 1 heterocycles. The summed E-state index contributed by atoms with van der Waals surface area (Å²) >= 11 is 0. The van der Waals surface area contributed by atoms with Crippen LogP contribution >= 0.6 is 0 Å². The van der Waals surface area contributed by atoms with Crippen LogP contribution in [-0.2, 0) is 10.0 Å². The molecule has 0 saturated heterocycles. The number of rotatable bonds is 5. The van der Waals surface area contributed by atoms with E-state index in [4.69, 9.17) is 9.52 Å². The first kappa shape index (κ1) is 12.1. The fourth-order valence-electron chi connectivity index (χ4n) is 1.68. The average Bonchev–Trinajstić information content (AvgIpc) is 2.94. The molecular formula is C10H13NO5S. The van der Waals surface area contributed by atoms with Gasteiger partial charge in [-0.1, -0.05) is 6.92 Å². The molecule has 17 heavy (non-hydrogen) atoms. The van der Waals surface area contributed by atoms with Gasteiger partial charge in [-0.25, -0.2) is 13.2 Å². The van der Waals surface area contributed by atoms with Crippen LogP contribution in [0.1, 0.15) is 30.3 Å². The van der Waals surface area contributed by atoms with Crippen LogP contribution in [0.3, 0.4) is 0 Å². The highest BCUT2D eigenvalue weighted by Crippen LogP contribution is 2.32. The van der Waals surface area contributed by atoms with Crippen LogP contribution in [0, 0.1) is 0 Å². The Labute approximate surface area is 98.9 Å². The smallest absolute Gasteiger partial charge is 0.371 e. The fraction of sp³-hybridized carbons (Fsp3) is 0.500. The topological polar surface area (TPSA) is 87.8 Å². The van der Waals surface area contributed by atoms with Gasteiger partial charge >= 0.3 is 5.97 Å². The molecule has 0 spiro atoms. The lowest BCUT2D eigenvalue weighted by Crippen LogP contribution is -2.32. The van der Waals surface area contributed by atoms with E-state index in [9.17, 15) is 13.2 Å². The van der Waals surface area contributed by atoms with E-state index in [2.05, 4.69) is 0 Å². The summed E-state index contributed by atoms with van der Waals surface area (Å²) < 4.78 is 30.4. The fourth-order valence-corrected chi connectivity index (χ4v) is 3.29. The van der Waals surface area contributed by atoms with Crippen LogP contribution < -0.4 is 0 Å². The first-order valence-electron chi connectivity index (χ1n) is 5.31. The zero-order chi connectivity index (χ0) is 12.6. The Balaban J connectivity index is 2.32. The standard InChI is InChI=1S/C10H13NO5S/c1-2-11(7-3-4-7)17(14,15)9-6-5-8(16-9)10(12)13/h5-7H,2-4H2,1H3,(H,12,13). The number of carboxylic acids is 1. The van der Waals surface area contributed by atoms with Gasteiger partial charge in [0, 0.05) is 12.6 Å². The summed E-state index contributed by atoms with van der Waals surface area (Å²) in [5.41, 5.74) is 0. The second-order valence-corrected chi connectivity index (χ2v) is 5.68. The zero-order valence-electron chi connectivity index (χ0n) is 9.29. The largest absolute Gasteiger partial charge is 0.475 e. The Kier molecular flexibility index (Phi) is 2.96. The van der Waals surface area contributed by atoms with Crippen LogP contribution in [0.15, 0.2) is 21.6 Å². The van der Waals surface area contributed by atoms with Crippen molar-refractivity contribution in [3.8, 4) is 0 Å². The molecule has 0 bridgehead atoms. The molecule has 1 saturated carbocycles. The maximum absolute atomic E-state index is 12.1. The normalized spacial score (nSPS) is 16.4. The van der Waals surface area contributed by atoms with Crippen molar-refractivity contribution in [2.75, 3.05) is 6.54 Å². The molecule has 0 atom stereocenters. The van der Waals surface area contributed by atoms with Crippen LogP contribution in [0.25, 0.3) is 0 Å². The highest BCUT2D eigenvalue weighted by molar-refractivity contribution is 7.89. The monoisotopic (exact) mass is 259 g/mol. The Hall–Kier alpha value is -1.34. The second kappa shape index (κ2) is 4.15. The molecular weight excluding hydrogens is 246 g/mol. The SMILES string of the molecule is CCN(C1CC1)S(=O)(=O)c1ccc(C(=O)O)o1. The lowest BCUT2D eigenvalue weighted by Gasteiger charge is -2.17. The van der Waals surface area contributed by atoms with Gasteiger partial charge in [0.15, 0.2) is 0 Å². The molecule has 1 aliphatic carbocycles. The summed E-state index contributed by atoms with van der Waals surface area (Å²) in [5.74, 6) is -1.64. The maximum atomic E-state index is 12.1. The second-order valence-electron chi connectivity index (χ2n) is 3.86. The van der Waals surface area contributed by atoms with Crippen molar-refractivity contribution < 1.29 is 22.7 Å². The maximum Gasteiger partial charge on any atom is 0.371 e. The van der Waals surface area contributed by atoms with Crippen molar-refractivity contribution in [2.24, 2.45) is 0 Å². The summed E-state index contributed by atoms with van der Waals surface area (Å²) in [7, 11) is -3.70. The number of nitrogens with zero attached hydrogens (tertiary/aromatic N) is 1. The minimum Gasteiger partial charge on any atom is -0.475 e. The first-order chi connectivity index (χ1) is 7.96. The number of hydrogen-bond acceptors (Lipinski definition) is 4. The number of carboxylic acid groups (broad SMARTS) is 1. The molecule has 7 heteroatoms. The molecule has 1 N–H and O–H groups in total. The third-order valence-corrected chi connectivity index (χ3v) is 4.52. The molecule has 1 aromatic heterocycles. The van der Waals surface area contributed by atoms with Crippen molar-refractivity contribution >= 4 is 16.0 Å². The lowest BCUT2D eigenvalue weighted by molar-refractivity contribution is 0.0656. The molecule has 0 aliphatic heterocycles. The molecule has 94 valence electrons. The molecule has 1 aliphatic rings. The van der Waals surface area contributed by atoms with E-state index in [0.717, 1.165) is 18.9 Å². The molecule has 0 amide bonds. The van der Waals surface area contributed by atoms with E-state index in [0.29, 0.717) is 6.54 Å². The summed E-state index contributed by atoms with van der Waals surface area (Å²) in [6.45, 7) is 2.10. The number of sulfonamides is 1. The van der Waals surface area contributed by atoms with Gasteiger partial charge in [0.25, 0.3) is 10.0 Å². The summed E-state index contributed by atoms with van der Waals surface area (Å²) in [6, 6.07) is 2.36. The average molecular weight is 259 g/mol. The van der Waals surface area contributed by atoms with E-state index >= 15 is 0 Å². The molecule has 1 aromatic rings. The van der Waals surface area contributed by atoms with Crippen molar-refractivity contribution in [3.05, 3.63) is 17.9 Å². The molecule has 1 fully saturated rings. The molecule has 0 aromatic carbocycles. The summed E-state index contributed by atoms with van der Waals surface area (Å²) in [6.07, 6.45) is 1.69. The van der Waals surface area contributed by atoms with Gasteiger partial charge in [-0.15, -0.1) is 0 Å². The predicted molar refractivity (Wildman–Crippen MR) is 58.3 cm³/mol. The van der Waals surface area contributed by atoms with E-state index < -0.39 is 16.0 Å². The van der Waals surface area contributed by atoms with E-state index in [1.807, 2.05) is 0 Å². The highest BCUT2D eigenvalue weighted by atomic mass is 32.2. The van der Waals surface area contributed by atoms with Gasteiger partial charge in [-0.05, 0) is 25.0 Å². The minimum atomic E-state index is -3.70. The van der Waals surface area contributed by atoms with Crippen molar-refractivity contribution in [1.29, 1.82) is 0 Å². The Morgan fingerprint density at radius 3 is 2.59 bits per heavy atom. The van der Waals surface area contributed by atoms with E-state index in [-0.39, 0.29) is 16.9 Å². The third kappa shape index (κ3) is 2.20. The van der Waals surface area contributed by atoms with Crippen LogP contribution in [0.5, 0.6) is 0 Å².